The van der Waals surface area contributed by atoms with Gasteiger partial charge in [-0.1, -0.05) is 61.4 Å². The summed E-state index contributed by atoms with van der Waals surface area (Å²) in [5, 5.41) is 9.24. The Hall–Kier alpha value is -2.96. The first-order chi connectivity index (χ1) is 17.5. The molecule has 0 N–H and O–H groups in total. The van der Waals surface area contributed by atoms with Gasteiger partial charge >= 0.3 is 0 Å². The lowest BCUT2D eigenvalue weighted by Gasteiger charge is -2.08. The molecule has 186 valence electrons. The van der Waals surface area contributed by atoms with E-state index in [1.54, 1.807) is 16.6 Å². The molecule has 1 aromatic heterocycles. The molecule has 0 radical (unpaired) electrons. The normalized spacial score (nSPS) is 11.1. The fraction of sp³-hybridized carbons (Fsp3) is 0.267. The van der Waals surface area contributed by atoms with E-state index in [4.69, 9.17) is 4.74 Å². The summed E-state index contributed by atoms with van der Waals surface area (Å²) in [7, 11) is 0. The molecule has 0 aliphatic carbocycles. The van der Waals surface area contributed by atoms with E-state index in [0.717, 1.165) is 62.2 Å². The molecule has 4 rings (SSSR count). The third-order valence-electron chi connectivity index (χ3n) is 5.97. The van der Waals surface area contributed by atoms with Gasteiger partial charge < -0.3 is 4.74 Å². The average Bonchev–Trinajstić information content (AvgIpc) is 3.30. The molecule has 4 aromatic rings. The monoisotopic (exact) mass is 515 g/mol. The highest BCUT2D eigenvalue weighted by atomic mass is 32.2. The van der Waals surface area contributed by atoms with Crippen molar-refractivity contribution in [2.45, 2.75) is 60.1 Å². The van der Waals surface area contributed by atoms with Crippen molar-refractivity contribution in [1.82, 2.24) is 15.0 Å². The summed E-state index contributed by atoms with van der Waals surface area (Å²) < 4.78 is 5.94. The standard InChI is InChI=1S/C30H33N3OS2/c1-22(2)23(3)10-7-5-4-6-8-19-34-25-13-15-27(16-14-25)36-28-17-18-29-30(21-28)32-33(31-29)24-11-9-12-26(35)20-24/h9,11-18,20-21,35H,1,3-8,10,19H2,2H3. The number of allylic oxidation sites excluding steroid dienone is 2. The van der Waals surface area contributed by atoms with Gasteiger partial charge in [0.05, 0.1) is 12.3 Å². The predicted octanol–water partition coefficient (Wildman–Crippen LogP) is 8.71. The summed E-state index contributed by atoms with van der Waals surface area (Å²) in [4.78, 5) is 4.83. The summed E-state index contributed by atoms with van der Waals surface area (Å²) in [6.07, 6.45) is 7.01. The topological polar surface area (TPSA) is 39.9 Å². The second-order valence-corrected chi connectivity index (χ2v) is 10.6. The van der Waals surface area contributed by atoms with E-state index in [-0.39, 0.29) is 0 Å². The van der Waals surface area contributed by atoms with Crippen molar-refractivity contribution in [3.05, 3.63) is 91.0 Å². The lowest BCUT2D eigenvalue weighted by atomic mass is 10.0. The van der Waals surface area contributed by atoms with Crippen LogP contribution in [0.25, 0.3) is 16.7 Å². The van der Waals surface area contributed by atoms with Crippen LogP contribution in [0.1, 0.15) is 45.4 Å². The van der Waals surface area contributed by atoms with Crippen LogP contribution in [0.3, 0.4) is 0 Å². The average molecular weight is 516 g/mol. The molecule has 4 nitrogen and oxygen atoms in total. The van der Waals surface area contributed by atoms with E-state index in [0.29, 0.717) is 0 Å². The number of hydrogen-bond acceptors (Lipinski definition) is 5. The van der Waals surface area contributed by atoms with Gasteiger partial charge in [0.25, 0.3) is 0 Å². The van der Waals surface area contributed by atoms with Crippen LogP contribution in [0.15, 0.2) is 106 Å². The van der Waals surface area contributed by atoms with Crippen molar-refractivity contribution < 1.29 is 4.74 Å². The number of nitrogens with zero attached hydrogens (tertiary/aromatic N) is 3. The van der Waals surface area contributed by atoms with Gasteiger partial charge in [-0.2, -0.15) is 4.80 Å². The van der Waals surface area contributed by atoms with Gasteiger partial charge in [0.1, 0.15) is 16.8 Å². The lowest BCUT2D eigenvalue weighted by molar-refractivity contribution is 0.304. The van der Waals surface area contributed by atoms with E-state index in [2.05, 4.69) is 60.2 Å². The van der Waals surface area contributed by atoms with Crippen LogP contribution in [0, 0.1) is 0 Å². The maximum absolute atomic E-state index is 5.94. The minimum absolute atomic E-state index is 0.757. The minimum Gasteiger partial charge on any atom is -0.494 e. The summed E-state index contributed by atoms with van der Waals surface area (Å²) in [6.45, 7) is 10.8. The second-order valence-electron chi connectivity index (χ2n) is 8.98. The largest absolute Gasteiger partial charge is 0.494 e. The Morgan fingerprint density at radius 3 is 2.36 bits per heavy atom. The zero-order chi connectivity index (χ0) is 25.3. The van der Waals surface area contributed by atoms with E-state index in [9.17, 15) is 0 Å². The number of fused-ring (bicyclic) bond motifs is 1. The van der Waals surface area contributed by atoms with Crippen LogP contribution in [0.2, 0.25) is 0 Å². The fourth-order valence-electron chi connectivity index (χ4n) is 3.80. The maximum Gasteiger partial charge on any atom is 0.119 e. The Morgan fingerprint density at radius 2 is 1.58 bits per heavy atom. The number of unbranched alkanes of at least 4 members (excludes halogenated alkanes) is 4. The molecular weight excluding hydrogens is 482 g/mol. The third kappa shape index (κ3) is 7.52. The highest BCUT2D eigenvalue weighted by molar-refractivity contribution is 7.99. The van der Waals surface area contributed by atoms with Gasteiger partial charge in [-0.15, -0.1) is 22.8 Å². The van der Waals surface area contributed by atoms with Crippen LogP contribution in [-0.2, 0) is 0 Å². The molecule has 0 aliphatic heterocycles. The Balaban J connectivity index is 1.22. The van der Waals surface area contributed by atoms with Gasteiger partial charge in [0.2, 0.25) is 0 Å². The number of rotatable bonds is 13. The summed E-state index contributed by atoms with van der Waals surface area (Å²) in [6, 6.07) is 22.3. The first-order valence-corrected chi connectivity index (χ1v) is 13.7. The van der Waals surface area contributed by atoms with Crippen LogP contribution < -0.4 is 4.74 Å². The number of aromatic nitrogens is 3. The predicted molar refractivity (Wildman–Crippen MR) is 154 cm³/mol. The van der Waals surface area contributed by atoms with E-state index in [1.165, 1.54) is 31.3 Å². The molecule has 0 unspecified atom stereocenters. The number of thiol groups is 1. The van der Waals surface area contributed by atoms with Crippen LogP contribution in [-0.4, -0.2) is 21.6 Å². The number of benzene rings is 3. The molecule has 3 aromatic carbocycles. The van der Waals surface area contributed by atoms with E-state index in [1.807, 2.05) is 49.4 Å². The summed E-state index contributed by atoms with van der Waals surface area (Å²) in [5.74, 6) is 0.918. The Kier molecular flexibility index (Phi) is 9.31. The highest BCUT2D eigenvalue weighted by Gasteiger charge is 2.07. The lowest BCUT2D eigenvalue weighted by Crippen LogP contribution is -1.97. The van der Waals surface area contributed by atoms with Gasteiger partial charge in [0.15, 0.2) is 0 Å². The van der Waals surface area contributed by atoms with Crippen molar-refractivity contribution >= 4 is 35.4 Å². The van der Waals surface area contributed by atoms with Crippen molar-refractivity contribution in [1.29, 1.82) is 0 Å². The molecule has 0 saturated heterocycles. The molecule has 0 atom stereocenters. The Bertz CT molecular complexity index is 1330. The second kappa shape index (κ2) is 12.8. The molecule has 0 aliphatic rings. The van der Waals surface area contributed by atoms with Gasteiger partial charge in [-0.3, -0.25) is 0 Å². The summed E-state index contributed by atoms with van der Waals surface area (Å²) >= 11 is 6.12. The molecular formula is C30H33N3OS2. The molecule has 0 bridgehead atoms. The molecule has 36 heavy (non-hydrogen) atoms. The third-order valence-corrected chi connectivity index (χ3v) is 7.24. The Morgan fingerprint density at radius 1 is 0.861 bits per heavy atom. The highest BCUT2D eigenvalue weighted by Crippen LogP contribution is 2.31. The molecule has 0 saturated carbocycles. The smallest absolute Gasteiger partial charge is 0.119 e. The van der Waals surface area contributed by atoms with Crippen LogP contribution in [0.4, 0.5) is 0 Å². The van der Waals surface area contributed by atoms with Crippen LogP contribution >= 0.6 is 24.4 Å². The number of hydrogen-bond donors (Lipinski definition) is 1. The van der Waals surface area contributed by atoms with E-state index >= 15 is 0 Å². The zero-order valence-corrected chi connectivity index (χ0v) is 22.5. The zero-order valence-electron chi connectivity index (χ0n) is 20.8. The maximum atomic E-state index is 5.94. The number of ether oxygens (including phenoxy) is 1. The Labute approximate surface area is 223 Å². The molecule has 0 spiro atoms. The SMILES string of the molecule is C=C(C)C(=C)CCCCCCCOc1ccc(Sc2ccc3nn(-c4cccc(S)c4)nc3c2)cc1. The first kappa shape index (κ1) is 26.1. The fourth-order valence-corrected chi connectivity index (χ4v) is 4.87. The van der Waals surface area contributed by atoms with E-state index < -0.39 is 0 Å². The molecule has 6 heteroatoms. The quantitative estimate of drug-likeness (QED) is 0.110. The van der Waals surface area contributed by atoms with Crippen molar-refractivity contribution in [2.24, 2.45) is 0 Å². The van der Waals surface area contributed by atoms with Crippen molar-refractivity contribution in [3.8, 4) is 11.4 Å². The van der Waals surface area contributed by atoms with Crippen molar-refractivity contribution in [3.63, 3.8) is 0 Å². The van der Waals surface area contributed by atoms with Gasteiger partial charge in [0, 0.05) is 14.7 Å². The molecule has 0 amide bonds. The van der Waals surface area contributed by atoms with Crippen molar-refractivity contribution in [2.75, 3.05) is 6.61 Å². The molecule has 1 heterocycles. The van der Waals surface area contributed by atoms with Gasteiger partial charge in [-0.25, -0.2) is 0 Å². The minimum atomic E-state index is 0.757. The van der Waals surface area contributed by atoms with Gasteiger partial charge in [-0.05, 0) is 86.8 Å². The molecule has 0 fully saturated rings. The first-order valence-electron chi connectivity index (χ1n) is 12.4. The van der Waals surface area contributed by atoms with Crippen LogP contribution in [0.5, 0.6) is 5.75 Å². The summed E-state index contributed by atoms with van der Waals surface area (Å²) in [5.41, 5.74) is 4.92.